The van der Waals surface area contributed by atoms with E-state index in [1.54, 1.807) is 19.2 Å². The monoisotopic (exact) mass is 437 g/mol. The van der Waals surface area contributed by atoms with Crippen LogP contribution in [0, 0.1) is 5.82 Å². The Bertz CT molecular complexity index is 1160. The first-order chi connectivity index (χ1) is 15.5. The first kappa shape index (κ1) is 21.4. The molecule has 0 aliphatic carbocycles. The van der Waals surface area contributed by atoms with E-state index in [0.717, 1.165) is 26.1 Å². The molecule has 0 spiro atoms. The molecule has 2 heterocycles. The van der Waals surface area contributed by atoms with Crippen LogP contribution in [0.25, 0.3) is 0 Å². The van der Waals surface area contributed by atoms with Crippen LogP contribution in [-0.4, -0.2) is 46.2 Å². The number of aromatic nitrogens is 3. The van der Waals surface area contributed by atoms with E-state index < -0.39 is 11.7 Å². The van der Waals surface area contributed by atoms with Gasteiger partial charge in [-0.3, -0.25) is 9.69 Å². The van der Waals surface area contributed by atoms with Gasteiger partial charge in [-0.05, 0) is 48.4 Å². The summed E-state index contributed by atoms with van der Waals surface area (Å²) in [7, 11) is 1.59. The summed E-state index contributed by atoms with van der Waals surface area (Å²) in [6, 6.07) is 10.0. The van der Waals surface area contributed by atoms with Crippen LogP contribution in [0.5, 0.6) is 5.75 Å². The van der Waals surface area contributed by atoms with Crippen molar-refractivity contribution in [3.8, 4) is 5.75 Å². The van der Waals surface area contributed by atoms with E-state index in [1.165, 1.54) is 23.3 Å². The highest BCUT2D eigenvalue weighted by Crippen LogP contribution is 2.33. The average molecular weight is 437 g/mol. The third-order valence-corrected chi connectivity index (χ3v) is 5.35. The molecule has 9 nitrogen and oxygen atoms in total. The molecule has 1 aliphatic rings. The smallest absolute Gasteiger partial charge is 0.273 e. The van der Waals surface area contributed by atoms with Gasteiger partial charge in [-0.1, -0.05) is 19.1 Å². The van der Waals surface area contributed by atoms with Crippen LogP contribution < -0.4 is 21.1 Å². The number of hydrogen-bond acceptors (Lipinski definition) is 8. The Hall–Kier alpha value is -3.79. The van der Waals surface area contributed by atoms with Crippen LogP contribution in [0.3, 0.4) is 0 Å². The number of nitrogens with zero attached hydrogens (tertiary/aromatic N) is 4. The van der Waals surface area contributed by atoms with Crippen molar-refractivity contribution in [3.63, 3.8) is 0 Å². The molecule has 0 saturated heterocycles. The van der Waals surface area contributed by atoms with E-state index >= 15 is 0 Å². The molecule has 1 aromatic heterocycles. The highest BCUT2D eigenvalue weighted by Gasteiger charge is 2.20. The molecule has 0 bridgehead atoms. The highest BCUT2D eigenvalue weighted by molar-refractivity contribution is 5.96. The highest BCUT2D eigenvalue weighted by atomic mass is 19.1. The Labute approximate surface area is 184 Å². The van der Waals surface area contributed by atoms with Crippen LogP contribution in [0.4, 0.5) is 27.5 Å². The van der Waals surface area contributed by atoms with Crippen LogP contribution in [-0.2, 0) is 13.0 Å². The summed E-state index contributed by atoms with van der Waals surface area (Å²) in [6.45, 7) is 4.95. The Morgan fingerprint density at radius 1 is 1.19 bits per heavy atom. The third-order valence-electron chi connectivity index (χ3n) is 5.35. The van der Waals surface area contributed by atoms with Gasteiger partial charge in [0.2, 0.25) is 5.95 Å². The summed E-state index contributed by atoms with van der Waals surface area (Å²) in [5.74, 6) is -0.599. The van der Waals surface area contributed by atoms with Gasteiger partial charge in [-0.15, -0.1) is 10.2 Å². The summed E-state index contributed by atoms with van der Waals surface area (Å²) < 4.78 is 19.6. The summed E-state index contributed by atoms with van der Waals surface area (Å²) >= 11 is 0. The maximum absolute atomic E-state index is 14.1. The molecule has 0 unspecified atom stereocenters. The Balaban J connectivity index is 1.67. The van der Waals surface area contributed by atoms with E-state index in [0.29, 0.717) is 11.4 Å². The molecular weight excluding hydrogens is 413 g/mol. The van der Waals surface area contributed by atoms with E-state index in [4.69, 9.17) is 10.5 Å². The van der Waals surface area contributed by atoms with Gasteiger partial charge in [0.15, 0.2) is 11.5 Å². The Morgan fingerprint density at radius 2 is 2.00 bits per heavy atom. The number of likely N-dealkylation sites (N-methyl/N-ethyl adjacent to an activating group) is 1. The van der Waals surface area contributed by atoms with E-state index in [9.17, 15) is 9.18 Å². The predicted molar refractivity (Wildman–Crippen MR) is 119 cm³/mol. The zero-order valence-corrected chi connectivity index (χ0v) is 17.9. The van der Waals surface area contributed by atoms with Gasteiger partial charge >= 0.3 is 0 Å². The van der Waals surface area contributed by atoms with Gasteiger partial charge in [0.1, 0.15) is 11.6 Å². The van der Waals surface area contributed by atoms with E-state index in [1.807, 2.05) is 12.1 Å². The molecule has 1 amide bonds. The normalized spacial score (nSPS) is 13.3. The third kappa shape index (κ3) is 4.45. The summed E-state index contributed by atoms with van der Waals surface area (Å²) in [5.41, 5.74) is 8.42. The zero-order valence-electron chi connectivity index (χ0n) is 17.9. The number of primary amides is 1. The SMILES string of the molecule is CCN1CCc2cc(OC)c(Nc3nnc(C(N)=O)c(Nc4ccccc4F)n3)cc2C1. The fourth-order valence-electron chi connectivity index (χ4n) is 3.62. The number of carbonyl (C=O) groups excluding carboxylic acids is 1. The van der Waals surface area contributed by atoms with Crippen LogP contribution >= 0.6 is 0 Å². The standard InChI is InChI=1S/C22H24FN7O2/c1-3-30-9-8-13-11-18(32-2)17(10-14(13)12-30)26-22-27-21(19(20(24)31)28-29-22)25-16-7-5-4-6-15(16)23/h4-7,10-11H,3,8-9,12H2,1-2H3,(H2,24,31)(H2,25,26,27,29). The minimum absolute atomic E-state index is 0.00538. The first-order valence-corrected chi connectivity index (χ1v) is 10.2. The van der Waals surface area contributed by atoms with Crippen molar-refractivity contribution in [1.82, 2.24) is 20.1 Å². The van der Waals surface area contributed by atoms with Crippen molar-refractivity contribution in [2.24, 2.45) is 5.73 Å². The van der Waals surface area contributed by atoms with Gasteiger partial charge in [-0.2, -0.15) is 4.98 Å². The van der Waals surface area contributed by atoms with Gasteiger partial charge in [0.25, 0.3) is 5.91 Å². The van der Waals surface area contributed by atoms with E-state index in [-0.39, 0.29) is 23.1 Å². The van der Waals surface area contributed by atoms with Crippen molar-refractivity contribution in [2.75, 3.05) is 30.8 Å². The summed E-state index contributed by atoms with van der Waals surface area (Å²) in [6.07, 6.45) is 0.946. The van der Waals surface area contributed by atoms with Crippen molar-refractivity contribution in [2.45, 2.75) is 19.9 Å². The number of methoxy groups -OCH3 is 1. The second kappa shape index (κ2) is 9.15. The number of amides is 1. The lowest BCUT2D eigenvalue weighted by Crippen LogP contribution is -2.30. The maximum Gasteiger partial charge on any atom is 0.273 e. The number of benzene rings is 2. The quantitative estimate of drug-likeness (QED) is 0.516. The molecule has 0 fully saturated rings. The Kier molecular flexibility index (Phi) is 6.13. The fourth-order valence-corrected chi connectivity index (χ4v) is 3.62. The average Bonchev–Trinajstić information content (AvgIpc) is 2.79. The number of carbonyl (C=O) groups is 1. The molecule has 4 N–H and O–H groups in total. The van der Waals surface area contributed by atoms with Crippen LogP contribution in [0.2, 0.25) is 0 Å². The van der Waals surface area contributed by atoms with Gasteiger partial charge < -0.3 is 21.1 Å². The maximum atomic E-state index is 14.1. The topological polar surface area (TPSA) is 118 Å². The number of nitrogens with two attached hydrogens (primary N) is 1. The van der Waals surface area contributed by atoms with Crippen molar-refractivity contribution >= 4 is 29.0 Å². The summed E-state index contributed by atoms with van der Waals surface area (Å²) in [5, 5.41) is 13.7. The number of fused-ring (bicyclic) bond motifs is 1. The number of hydrogen-bond donors (Lipinski definition) is 3. The van der Waals surface area contributed by atoms with Crippen LogP contribution in [0.15, 0.2) is 36.4 Å². The largest absolute Gasteiger partial charge is 0.495 e. The number of para-hydroxylation sites is 1. The molecular formula is C22H24FN7O2. The van der Waals surface area contributed by atoms with Crippen molar-refractivity contribution in [1.29, 1.82) is 0 Å². The van der Waals surface area contributed by atoms with Gasteiger partial charge in [0.05, 0.1) is 18.5 Å². The molecule has 32 heavy (non-hydrogen) atoms. The number of anilines is 4. The lowest BCUT2D eigenvalue weighted by atomic mass is 9.98. The van der Waals surface area contributed by atoms with Crippen molar-refractivity contribution in [3.05, 3.63) is 59.0 Å². The fraction of sp³-hybridized carbons (Fsp3) is 0.273. The van der Waals surface area contributed by atoms with E-state index in [2.05, 4.69) is 37.6 Å². The molecule has 1 aliphatic heterocycles. The molecule has 166 valence electrons. The molecule has 10 heteroatoms. The molecule has 0 saturated carbocycles. The van der Waals surface area contributed by atoms with Gasteiger partial charge in [0, 0.05) is 13.1 Å². The molecule has 2 aromatic carbocycles. The molecule has 0 atom stereocenters. The molecule has 4 rings (SSSR count). The lowest BCUT2D eigenvalue weighted by molar-refractivity contribution is 0.0995. The lowest BCUT2D eigenvalue weighted by Gasteiger charge is -2.28. The minimum atomic E-state index is -0.832. The summed E-state index contributed by atoms with van der Waals surface area (Å²) in [4.78, 5) is 18.5. The predicted octanol–water partition coefficient (Wildman–Crippen LogP) is 2.98. The molecule has 0 radical (unpaired) electrons. The van der Waals surface area contributed by atoms with Crippen molar-refractivity contribution < 1.29 is 13.9 Å². The first-order valence-electron chi connectivity index (χ1n) is 10.2. The van der Waals surface area contributed by atoms with Gasteiger partial charge in [-0.25, -0.2) is 4.39 Å². The minimum Gasteiger partial charge on any atom is -0.495 e. The second-order valence-corrected chi connectivity index (χ2v) is 7.37. The number of nitrogens with one attached hydrogen (secondary N) is 2. The molecule has 3 aromatic rings. The number of halogens is 1. The second-order valence-electron chi connectivity index (χ2n) is 7.37. The Morgan fingerprint density at radius 3 is 2.72 bits per heavy atom. The van der Waals surface area contributed by atoms with Crippen LogP contribution in [0.1, 0.15) is 28.5 Å². The number of ether oxygens (including phenoxy) is 1. The number of rotatable bonds is 7. The zero-order chi connectivity index (χ0) is 22.7.